The number of allylic oxidation sites excluding steroid dienone is 1. The number of ether oxygens (including phenoxy) is 1. The van der Waals surface area contributed by atoms with Gasteiger partial charge in [0.15, 0.2) is 0 Å². The molecule has 3 aliphatic rings. The quantitative estimate of drug-likeness (QED) is 0.193. The van der Waals surface area contributed by atoms with E-state index < -0.39 is 22.6 Å². The molecule has 2 amide bonds. The zero-order valence-electron chi connectivity index (χ0n) is 22.6. The van der Waals surface area contributed by atoms with Gasteiger partial charge in [0.1, 0.15) is 6.04 Å². The number of anilines is 1. The van der Waals surface area contributed by atoms with Gasteiger partial charge in [-0.2, -0.15) is 0 Å². The van der Waals surface area contributed by atoms with Crippen molar-refractivity contribution < 1.29 is 24.2 Å². The van der Waals surface area contributed by atoms with Crippen LogP contribution in [-0.4, -0.2) is 70.1 Å². The summed E-state index contributed by atoms with van der Waals surface area (Å²) in [5.41, 5.74) is 1.47. The summed E-state index contributed by atoms with van der Waals surface area (Å²) in [6.45, 7) is 10.5. The normalized spacial score (nSPS) is 26.9. The molecule has 0 radical (unpaired) electrons. The molecular weight excluding hydrogens is 536 g/mol. The number of unbranched alkanes of at least 4 members (excludes halogenated alkanes) is 3. The number of amides is 2. The molecule has 0 saturated carbocycles. The smallest absolute Gasteiger partial charge is 0.310 e. The molecule has 2 unspecified atom stereocenters. The predicted octanol–water partition coefficient (Wildman–Crippen LogP) is 4.93. The maximum Gasteiger partial charge on any atom is 0.310 e. The Kier molecular flexibility index (Phi) is 9.83. The second-order valence-corrected chi connectivity index (χ2v) is 12.6. The number of esters is 1. The Morgan fingerprint density at radius 3 is 2.74 bits per heavy atom. The molecule has 1 N–H and O–H groups in total. The summed E-state index contributed by atoms with van der Waals surface area (Å²) in [6, 6.07) is 4.79. The molecule has 7 nitrogen and oxygen atoms in total. The van der Waals surface area contributed by atoms with Gasteiger partial charge < -0.3 is 19.6 Å². The number of hydrogen-bond acceptors (Lipinski definition) is 6. The van der Waals surface area contributed by atoms with Crippen molar-refractivity contribution in [2.45, 2.75) is 67.9 Å². The first-order valence-corrected chi connectivity index (χ1v) is 15.1. The van der Waals surface area contributed by atoms with E-state index in [1.165, 1.54) is 0 Å². The first-order chi connectivity index (χ1) is 18.8. The minimum Gasteiger partial charge on any atom is -0.465 e. The van der Waals surface area contributed by atoms with Crippen LogP contribution in [0.2, 0.25) is 5.02 Å². The SMILES string of the molecule is C=CCCCOC(=O)[C@@H]1[C@H]2C(=O)N(CCCCCO)C(C(=O)N(CC=C)c3c(C)cccc3Cl)C23CC[C@H]1S3. The first kappa shape index (κ1) is 29.7. The van der Waals surface area contributed by atoms with E-state index >= 15 is 0 Å². The Morgan fingerprint density at radius 1 is 1.26 bits per heavy atom. The van der Waals surface area contributed by atoms with Crippen LogP contribution in [0.15, 0.2) is 43.5 Å². The summed E-state index contributed by atoms with van der Waals surface area (Å²) < 4.78 is 4.94. The number of carbonyl (C=O) groups is 3. The number of aryl methyl sites for hydroxylation is 1. The lowest BCUT2D eigenvalue weighted by molar-refractivity contribution is -0.154. The number of carbonyl (C=O) groups excluding carboxylic acids is 3. The highest BCUT2D eigenvalue weighted by atomic mass is 35.5. The highest BCUT2D eigenvalue weighted by Crippen LogP contribution is 2.66. The highest BCUT2D eigenvalue weighted by molar-refractivity contribution is 8.02. The van der Waals surface area contributed by atoms with E-state index in [-0.39, 0.29) is 36.2 Å². The summed E-state index contributed by atoms with van der Waals surface area (Å²) in [5.74, 6) is -1.84. The van der Waals surface area contributed by atoms with Gasteiger partial charge >= 0.3 is 5.97 Å². The largest absolute Gasteiger partial charge is 0.465 e. The van der Waals surface area contributed by atoms with Crippen LogP contribution in [0.1, 0.15) is 50.5 Å². The van der Waals surface area contributed by atoms with Crippen molar-refractivity contribution in [1.82, 2.24) is 4.90 Å². The van der Waals surface area contributed by atoms with Crippen LogP contribution in [0, 0.1) is 18.8 Å². The van der Waals surface area contributed by atoms with Crippen LogP contribution in [-0.2, 0) is 19.1 Å². The van der Waals surface area contributed by atoms with Crippen molar-refractivity contribution in [1.29, 1.82) is 0 Å². The van der Waals surface area contributed by atoms with E-state index in [1.54, 1.807) is 39.8 Å². The number of likely N-dealkylation sites (tertiary alicyclic amines) is 1. The van der Waals surface area contributed by atoms with Gasteiger partial charge in [-0.05, 0) is 63.5 Å². The number of aliphatic hydroxyl groups is 1. The van der Waals surface area contributed by atoms with E-state index in [0.717, 1.165) is 24.8 Å². The highest BCUT2D eigenvalue weighted by Gasteiger charge is 2.74. The van der Waals surface area contributed by atoms with Gasteiger partial charge in [-0.1, -0.05) is 35.9 Å². The maximum atomic E-state index is 14.6. The topological polar surface area (TPSA) is 87.1 Å². The molecule has 39 heavy (non-hydrogen) atoms. The number of nitrogens with zero attached hydrogens (tertiary/aromatic N) is 2. The van der Waals surface area contributed by atoms with Crippen LogP contribution in [0.5, 0.6) is 0 Å². The molecule has 0 aliphatic carbocycles. The minimum absolute atomic E-state index is 0.0485. The Bertz CT molecular complexity index is 1090. The van der Waals surface area contributed by atoms with E-state index in [9.17, 15) is 19.5 Å². The number of hydrogen-bond donors (Lipinski definition) is 1. The van der Waals surface area contributed by atoms with Gasteiger partial charge in [-0.25, -0.2) is 0 Å². The average Bonchev–Trinajstić information content (AvgIpc) is 3.55. The fourth-order valence-corrected chi connectivity index (χ4v) is 9.07. The fraction of sp³-hybridized carbons (Fsp3) is 0.567. The van der Waals surface area contributed by atoms with E-state index in [4.69, 9.17) is 16.3 Å². The third-order valence-corrected chi connectivity index (χ3v) is 10.5. The molecule has 212 valence electrons. The van der Waals surface area contributed by atoms with Gasteiger partial charge in [-0.3, -0.25) is 14.4 Å². The lowest BCUT2D eigenvalue weighted by atomic mass is 9.71. The van der Waals surface area contributed by atoms with Gasteiger partial charge in [-0.15, -0.1) is 24.9 Å². The van der Waals surface area contributed by atoms with Crippen molar-refractivity contribution in [3.63, 3.8) is 0 Å². The molecule has 9 heteroatoms. The molecule has 4 rings (SSSR count). The first-order valence-electron chi connectivity index (χ1n) is 13.9. The van der Waals surface area contributed by atoms with Crippen molar-refractivity contribution in [2.75, 3.05) is 31.2 Å². The Hall–Kier alpha value is -2.29. The molecule has 3 heterocycles. The molecule has 1 aromatic rings. The number of rotatable bonds is 14. The van der Waals surface area contributed by atoms with Crippen molar-refractivity contribution in [3.05, 3.63) is 54.1 Å². The monoisotopic (exact) mass is 574 g/mol. The third kappa shape index (κ3) is 5.52. The maximum absolute atomic E-state index is 14.6. The molecule has 2 bridgehead atoms. The summed E-state index contributed by atoms with van der Waals surface area (Å²) in [7, 11) is 0. The van der Waals surface area contributed by atoms with Crippen LogP contribution < -0.4 is 4.90 Å². The van der Waals surface area contributed by atoms with Crippen LogP contribution >= 0.6 is 23.4 Å². The molecule has 3 aliphatic heterocycles. The zero-order chi connectivity index (χ0) is 28.2. The van der Waals surface area contributed by atoms with E-state index in [1.807, 2.05) is 19.1 Å². The Balaban J connectivity index is 1.70. The predicted molar refractivity (Wildman–Crippen MR) is 156 cm³/mol. The minimum atomic E-state index is -0.728. The number of para-hydroxylation sites is 1. The molecule has 1 spiro atoms. The van der Waals surface area contributed by atoms with Crippen molar-refractivity contribution in [2.24, 2.45) is 11.8 Å². The molecule has 1 aromatic carbocycles. The molecule has 3 saturated heterocycles. The summed E-state index contributed by atoms with van der Waals surface area (Å²) in [4.78, 5) is 45.4. The van der Waals surface area contributed by atoms with E-state index in [0.29, 0.717) is 49.5 Å². The van der Waals surface area contributed by atoms with Gasteiger partial charge in [0.05, 0.1) is 33.9 Å². The van der Waals surface area contributed by atoms with Crippen LogP contribution in [0.25, 0.3) is 0 Å². The zero-order valence-corrected chi connectivity index (χ0v) is 24.2. The number of halogens is 1. The van der Waals surface area contributed by atoms with Crippen LogP contribution in [0.3, 0.4) is 0 Å². The molecular formula is C30H39ClN2O5S. The Labute approximate surface area is 240 Å². The number of thioether (sulfide) groups is 1. The second kappa shape index (κ2) is 12.9. The Morgan fingerprint density at radius 2 is 2.05 bits per heavy atom. The van der Waals surface area contributed by atoms with Gasteiger partial charge in [0, 0.05) is 24.9 Å². The number of aliphatic hydroxyl groups excluding tert-OH is 1. The number of benzene rings is 1. The molecule has 5 atom stereocenters. The van der Waals surface area contributed by atoms with Gasteiger partial charge in [0.25, 0.3) is 5.91 Å². The number of fused-ring (bicyclic) bond motifs is 1. The van der Waals surface area contributed by atoms with Crippen LogP contribution in [0.4, 0.5) is 5.69 Å². The summed E-state index contributed by atoms with van der Waals surface area (Å²) >= 11 is 8.24. The lowest BCUT2D eigenvalue weighted by Gasteiger charge is -2.37. The third-order valence-electron chi connectivity index (χ3n) is 8.20. The molecule has 3 fully saturated rings. The molecule has 0 aromatic heterocycles. The van der Waals surface area contributed by atoms with E-state index in [2.05, 4.69) is 13.2 Å². The van der Waals surface area contributed by atoms with Gasteiger partial charge in [0.2, 0.25) is 5.91 Å². The summed E-state index contributed by atoms with van der Waals surface area (Å²) in [5, 5.41) is 9.67. The second-order valence-electron chi connectivity index (χ2n) is 10.6. The lowest BCUT2D eigenvalue weighted by Crippen LogP contribution is -2.55. The standard InChI is InChI=1S/C30H39ClN2O5S/c1-4-6-10-19-38-29(37)23-22-14-15-30(39-22)24(23)27(35)33(17-8-7-9-18-34)26(30)28(36)32(16-5-2)25-20(3)12-11-13-21(25)31/h4-5,11-13,22-24,26,34H,1-2,6-10,14-19H2,3H3/t22-,23+,24+,26?,30?/m1/s1. The van der Waals surface area contributed by atoms with Crippen molar-refractivity contribution in [3.8, 4) is 0 Å². The van der Waals surface area contributed by atoms with Crippen molar-refractivity contribution >= 4 is 46.8 Å². The average molecular weight is 575 g/mol. The fourth-order valence-electron chi connectivity index (χ4n) is 6.54. The summed E-state index contributed by atoms with van der Waals surface area (Å²) in [6.07, 6.45) is 8.38.